The maximum absolute atomic E-state index is 6.16. The number of likely N-dealkylation sites (tertiary alicyclic amines) is 1. The van der Waals surface area contributed by atoms with Crippen LogP contribution < -0.4 is 5.32 Å². The van der Waals surface area contributed by atoms with Gasteiger partial charge in [0.1, 0.15) is 17.9 Å². The van der Waals surface area contributed by atoms with Gasteiger partial charge in [-0.25, -0.2) is 4.99 Å². The minimum absolute atomic E-state index is 0.294. The number of rotatable bonds is 6. The Hall–Kier alpha value is -2.05. The van der Waals surface area contributed by atoms with Crippen molar-refractivity contribution in [1.82, 2.24) is 10.2 Å². The molecule has 4 rings (SSSR count). The maximum Gasteiger partial charge on any atom is 0.194 e. The summed E-state index contributed by atoms with van der Waals surface area (Å²) in [5, 5.41) is 4.62. The Morgan fingerprint density at radius 1 is 1.20 bits per heavy atom. The predicted molar refractivity (Wildman–Crippen MR) is 120 cm³/mol. The van der Waals surface area contributed by atoms with Crippen molar-refractivity contribution in [2.24, 2.45) is 4.99 Å². The minimum atomic E-state index is 0.294. The second kappa shape index (κ2) is 10.3. The fourth-order valence-electron chi connectivity index (χ4n) is 4.36. The third kappa shape index (κ3) is 5.16. The van der Waals surface area contributed by atoms with Gasteiger partial charge in [0.2, 0.25) is 0 Å². The molecule has 0 bridgehead atoms. The lowest BCUT2D eigenvalue weighted by atomic mass is 10.1. The van der Waals surface area contributed by atoms with Crippen LogP contribution in [0.1, 0.15) is 50.4 Å². The summed E-state index contributed by atoms with van der Waals surface area (Å²) in [6.45, 7) is 9.18. The summed E-state index contributed by atoms with van der Waals surface area (Å²) in [4.78, 5) is 7.23. The van der Waals surface area contributed by atoms with E-state index in [0.29, 0.717) is 18.8 Å². The second-order valence-electron chi connectivity index (χ2n) is 8.32. The number of furan rings is 1. The molecule has 0 amide bonds. The largest absolute Gasteiger partial charge is 0.459 e. The molecule has 2 aliphatic heterocycles. The Kier molecular flexibility index (Phi) is 7.28. The molecule has 1 atom stereocenters. The third-order valence-corrected chi connectivity index (χ3v) is 6.18. The van der Waals surface area contributed by atoms with E-state index >= 15 is 0 Å². The first-order chi connectivity index (χ1) is 14.7. The van der Waals surface area contributed by atoms with E-state index in [1.54, 1.807) is 0 Å². The first-order valence-electron chi connectivity index (χ1n) is 11.5. The number of hydrogen-bond donors (Lipinski definition) is 1. The number of nitrogens with one attached hydrogen (secondary N) is 1. The molecule has 3 heterocycles. The molecule has 2 saturated heterocycles. The highest BCUT2D eigenvalue weighted by atomic mass is 16.5. The van der Waals surface area contributed by atoms with Gasteiger partial charge in [0, 0.05) is 37.2 Å². The molecule has 0 radical (unpaired) electrons. The molecule has 2 aromatic rings. The van der Waals surface area contributed by atoms with Gasteiger partial charge < -0.3 is 24.1 Å². The van der Waals surface area contributed by atoms with Crippen molar-refractivity contribution in [1.29, 1.82) is 0 Å². The van der Waals surface area contributed by atoms with Crippen molar-refractivity contribution >= 4 is 16.9 Å². The van der Waals surface area contributed by atoms with E-state index in [-0.39, 0.29) is 0 Å². The number of ether oxygens (including phenoxy) is 2. The Labute approximate surface area is 179 Å². The summed E-state index contributed by atoms with van der Waals surface area (Å²) < 4.78 is 18.0. The summed E-state index contributed by atoms with van der Waals surface area (Å²) in [7, 11) is 0. The van der Waals surface area contributed by atoms with Gasteiger partial charge in [-0.2, -0.15) is 0 Å². The quantitative estimate of drug-likeness (QED) is 0.566. The number of benzene rings is 1. The topological polar surface area (TPSA) is 59.2 Å². The molecule has 164 valence electrons. The summed E-state index contributed by atoms with van der Waals surface area (Å²) in [5.41, 5.74) is 2.12. The van der Waals surface area contributed by atoms with Crippen LogP contribution in [0.2, 0.25) is 0 Å². The standard InChI is InChI=1S/C24H35N3O3/c1-3-25-24(26-16-23-18(2)21-9-4-5-10-22(21)30-23)27-13-11-19(12-14-27)29-17-20-8-6-7-15-28-20/h4-5,9-10,19-20H,3,6-8,11-17H2,1-2H3,(H,25,26). The molecule has 1 N–H and O–H groups in total. The number of hydrogen-bond acceptors (Lipinski definition) is 4. The van der Waals surface area contributed by atoms with Crippen molar-refractivity contribution in [3.05, 3.63) is 35.6 Å². The predicted octanol–water partition coefficient (Wildman–Crippen LogP) is 4.26. The number of fused-ring (bicyclic) bond motifs is 1. The highest BCUT2D eigenvalue weighted by Crippen LogP contribution is 2.25. The molecule has 0 spiro atoms. The zero-order chi connectivity index (χ0) is 20.8. The molecule has 0 aliphatic carbocycles. The van der Waals surface area contributed by atoms with Crippen molar-refractivity contribution < 1.29 is 13.9 Å². The number of aliphatic imine (C=N–C) groups is 1. The number of guanidine groups is 1. The summed E-state index contributed by atoms with van der Waals surface area (Å²) in [6.07, 6.45) is 6.27. The maximum atomic E-state index is 6.16. The summed E-state index contributed by atoms with van der Waals surface area (Å²) in [6, 6.07) is 8.18. The highest BCUT2D eigenvalue weighted by molar-refractivity contribution is 5.82. The van der Waals surface area contributed by atoms with Crippen molar-refractivity contribution in [3.8, 4) is 0 Å². The van der Waals surface area contributed by atoms with Crippen molar-refractivity contribution in [2.75, 3.05) is 32.8 Å². The molecule has 6 nitrogen and oxygen atoms in total. The molecule has 0 saturated carbocycles. The minimum Gasteiger partial charge on any atom is -0.459 e. The summed E-state index contributed by atoms with van der Waals surface area (Å²) in [5.74, 6) is 1.91. The second-order valence-corrected chi connectivity index (χ2v) is 8.32. The zero-order valence-corrected chi connectivity index (χ0v) is 18.4. The summed E-state index contributed by atoms with van der Waals surface area (Å²) >= 11 is 0. The Bertz CT molecular complexity index is 833. The van der Waals surface area contributed by atoms with Crippen LogP contribution >= 0.6 is 0 Å². The van der Waals surface area contributed by atoms with Gasteiger partial charge >= 0.3 is 0 Å². The molecule has 2 aliphatic rings. The normalized spacial score (nSPS) is 21.3. The van der Waals surface area contributed by atoms with Gasteiger partial charge in [-0.3, -0.25) is 0 Å². The van der Waals surface area contributed by atoms with Crippen LogP contribution in [0.3, 0.4) is 0 Å². The lowest BCUT2D eigenvalue weighted by Crippen LogP contribution is -2.47. The number of piperidine rings is 1. The molecule has 2 fully saturated rings. The van der Waals surface area contributed by atoms with Gasteiger partial charge in [0.15, 0.2) is 5.96 Å². The Morgan fingerprint density at radius 3 is 2.77 bits per heavy atom. The number of nitrogens with zero attached hydrogens (tertiary/aromatic N) is 2. The van der Waals surface area contributed by atoms with Crippen LogP contribution in [-0.4, -0.2) is 55.9 Å². The molecule has 1 unspecified atom stereocenters. The van der Waals surface area contributed by atoms with Crippen LogP contribution in [0, 0.1) is 6.92 Å². The first-order valence-corrected chi connectivity index (χ1v) is 11.5. The Balaban J connectivity index is 1.32. The fourth-order valence-corrected chi connectivity index (χ4v) is 4.36. The average Bonchev–Trinajstić information content (AvgIpc) is 3.12. The average molecular weight is 414 g/mol. The monoisotopic (exact) mass is 413 g/mol. The molecular formula is C24H35N3O3. The zero-order valence-electron chi connectivity index (χ0n) is 18.4. The number of aryl methyl sites for hydroxylation is 1. The third-order valence-electron chi connectivity index (χ3n) is 6.18. The van der Waals surface area contributed by atoms with Gasteiger partial charge in [-0.05, 0) is 52.0 Å². The molecule has 1 aromatic carbocycles. The van der Waals surface area contributed by atoms with Gasteiger partial charge in [-0.15, -0.1) is 0 Å². The SMILES string of the molecule is CCNC(=NCc1oc2ccccc2c1C)N1CCC(OCC2CCCCO2)CC1. The van der Waals surface area contributed by atoms with Crippen LogP contribution in [-0.2, 0) is 16.0 Å². The van der Waals surface area contributed by atoms with Gasteiger partial charge in [0.05, 0.1) is 18.8 Å². The van der Waals surface area contributed by atoms with E-state index in [1.165, 1.54) is 23.8 Å². The van der Waals surface area contributed by atoms with Gasteiger partial charge in [-0.1, -0.05) is 18.2 Å². The van der Waals surface area contributed by atoms with E-state index in [9.17, 15) is 0 Å². The van der Waals surface area contributed by atoms with Crippen LogP contribution in [0.15, 0.2) is 33.7 Å². The molecular weight excluding hydrogens is 378 g/mol. The van der Waals surface area contributed by atoms with Crippen LogP contribution in [0.25, 0.3) is 11.0 Å². The highest BCUT2D eigenvalue weighted by Gasteiger charge is 2.24. The van der Waals surface area contributed by atoms with Gasteiger partial charge in [0.25, 0.3) is 0 Å². The smallest absolute Gasteiger partial charge is 0.194 e. The first kappa shape index (κ1) is 21.2. The van der Waals surface area contributed by atoms with E-state index < -0.39 is 0 Å². The van der Waals surface area contributed by atoms with E-state index in [1.807, 2.05) is 12.1 Å². The molecule has 1 aromatic heterocycles. The van der Waals surface area contributed by atoms with E-state index in [0.717, 1.165) is 69.4 Å². The van der Waals surface area contributed by atoms with Crippen molar-refractivity contribution in [3.63, 3.8) is 0 Å². The van der Waals surface area contributed by atoms with E-state index in [2.05, 4.69) is 36.2 Å². The Morgan fingerprint density at radius 2 is 2.03 bits per heavy atom. The fraction of sp³-hybridized carbons (Fsp3) is 0.625. The number of para-hydroxylation sites is 1. The van der Waals surface area contributed by atoms with Crippen LogP contribution in [0.4, 0.5) is 0 Å². The van der Waals surface area contributed by atoms with Crippen LogP contribution in [0.5, 0.6) is 0 Å². The van der Waals surface area contributed by atoms with Crippen molar-refractivity contribution in [2.45, 2.75) is 64.7 Å². The lowest BCUT2D eigenvalue weighted by Gasteiger charge is -2.35. The molecule has 6 heteroatoms. The molecule has 30 heavy (non-hydrogen) atoms. The lowest BCUT2D eigenvalue weighted by molar-refractivity contribution is -0.0721. The van der Waals surface area contributed by atoms with E-state index in [4.69, 9.17) is 18.9 Å².